The topological polar surface area (TPSA) is 85.3 Å². The van der Waals surface area contributed by atoms with Gasteiger partial charge in [-0.2, -0.15) is 9.61 Å². The van der Waals surface area contributed by atoms with E-state index in [4.69, 9.17) is 5.73 Å². The first-order valence-electron chi connectivity index (χ1n) is 7.26. The summed E-state index contributed by atoms with van der Waals surface area (Å²) in [5.41, 5.74) is 9.25. The summed E-state index contributed by atoms with van der Waals surface area (Å²) in [5, 5.41) is 7.72. The molecular weight excluding hydrogens is 266 g/mol. The number of fused-ring (bicyclic) bond motifs is 1. The summed E-state index contributed by atoms with van der Waals surface area (Å²) in [6.07, 6.45) is 0.817. The number of anilines is 1. The number of rotatable bonds is 5. The van der Waals surface area contributed by atoms with Gasteiger partial charge in [-0.05, 0) is 26.2 Å². The molecule has 1 amide bonds. The summed E-state index contributed by atoms with van der Waals surface area (Å²) in [5.74, 6) is 0.479. The molecule has 0 radical (unpaired) electrons. The molecule has 0 spiro atoms. The van der Waals surface area contributed by atoms with E-state index in [9.17, 15) is 4.79 Å². The van der Waals surface area contributed by atoms with E-state index in [1.54, 1.807) is 4.52 Å². The van der Waals surface area contributed by atoms with E-state index in [1.165, 1.54) is 0 Å². The monoisotopic (exact) mass is 289 g/mol. The molecule has 6 heteroatoms. The van der Waals surface area contributed by atoms with Crippen LogP contribution in [0.5, 0.6) is 0 Å². The number of nitrogens with one attached hydrogen (secondary N) is 1. The van der Waals surface area contributed by atoms with Gasteiger partial charge in [-0.3, -0.25) is 4.79 Å². The molecule has 21 heavy (non-hydrogen) atoms. The van der Waals surface area contributed by atoms with Crippen LogP contribution in [0.4, 0.5) is 5.82 Å². The van der Waals surface area contributed by atoms with Gasteiger partial charge in [-0.25, -0.2) is 4.98 Å². The zero-order chi connectivity index (χ0) is 15.7. The van der Waals surface area contributed by atoms with Gasteiger partial charge in [0.05, 0.1) is 5.69 Å². The van der Waals surface area contributed by atoms with Crippen LogP contribution < -0.4 is 11.1 Å². The fourth-order valence-corrected chi connectivity index (χ4v) is 2.29. The lowest BCUT2D eigenvalue weighted by atomic mass is 10.0. The SMILES string of the molecule is CCc1cc(N[C@H](C(N)=O)C(C)C)n2nc(C)c(C)c2n1. The van der Waals surface area contributed by atoms with Gasteiger partial charge in [-0.1, -0.05) is 20.8 Å². The van der Waals surface area contributed by atoms with Gasteiger partial charge in [0, 0.05) is 17.3 Å². The van der Waals surface area contributed by atoms with E-state index in [0.717, 1.165) is 34.8 Å². The van der Waals surface area contributed by atoms with Crippen molar-refractivity contribution < 1.29 is 4.79 Å². The number of hydrogen-bond acceptors (Lipinski definition) is 4. The van der Waals surface area contributed by atoms with Gasteiger partial charge >= 0.3 is 0 Å². The lowest BCUT2D eigenvalue weighted by Gasteiger charge is -2.21. The molecule has 114 valence electrons. The second-order valence-electron chi connectivity index (χ2n) is 5.70. The molecule has 0 saturated heterocycles. The number of carbonyl (C=O) groups is 1. The summed E-state index contributed by atoms with van der Waals surface area (Å²) in [6, 6.07) is 1.49. The van der Waals surface area contributed by atoms with Crippen LogP contribution in [0.3, 0.4) is 0 Å². The van der Waals surface area contributed by atoms with Crippen LogP contribution in [0.15, 0.2) is 6.07 Å². The molecule has 6 nitrogen and oxygen atoms in total. The van der Waals surface area contributed by atoms with Gasteiger partial charge in [0.15, 0.2) is 5.65 Å². The van der Waals surface area contributed by atoms with Crippen LogP contribution in [0.2, 0.25) is 0 Å². The molecule has 2 aromatic heterocycles. The third kappa shape index (κ3) is 2.84. The Labute approximate surface area is 124 Å². The average Bonchev–Trinajstić information content (AvgIpc) is 2.71. The Morgan fingerprint density at radius 3 is 2.62 bits per heavy atom. The van der Waals surface area contributed by atoms with Crippen molar-refractivity contribution in [2.45, 2.75) is 47.1 Å². The number of nitrogens with two attached hydrogens (primary N) is 1. The number of carbonyl (C=O) groups excluding carboxylic acids is 1. The number of nitrogens with zero attached hydrogens (tertiary/aromatic N) is 3. The van der Waals surface area contributed by atoms with Crippen LogP contribution in [0, 0.1) is 19.8 Å². The predicted octanol–water partition coefficient (Wildman–Crippen LogP) is 1.83. The molecular formula is C15H23N5O. The molecule has 0 bridgehead atoms. The van der Waals surface area contributed by atoms with Gasteiger partial charge in [0.1, 0.15) is 11.9 Å². The highest BCUT2D eigenvalue weighted by molar-refractivity contribution is 5.83. The van der Waals surface area contributed by atoms with Crippen molar-refractivity contribution in [1.29, 1.82) is 0 Å². The van der Waals surface area contributed by atoms with Crippen LogP contribution in [-0.4, -0.2) is 26.5 Å². The van der Waals surface area contributed by atoms with E-state index in [-0.39, 0.29) is 11.8 Å². The van der Waals surface area contributed by atoms with Gasteiger partial charge in [-0.15, -0.1) is 0 Å². The largest absolute Gasteiger partial charge is 0.368 e. The molecule has 0 aliphatic heterocycles. The summed E-state index contributed by atoms with van der Waals surface area (Å²) < 4.78 is 1.75. The molecule has 2 heterocycles. The van der Waals surface area contributed by atoms with E-state index >= 15 is 0 Å². The smallest absolute Gasteiger partial charge is 0.240 e. The zero-order valence-corrected chi connectivity index (χ0v) is 13.3. The molecule has 2 aromatic rings. The molecule has 0 fully saturated rings. The molecule has 2 rings (SSSR count). The van der Waals surface area contributed by atoms with Crippen molar-refractivity contribution >= 4 is 17.4 Å². The number of hydrogen-bond donors (Lipinski definition) is 2. The third-order valence-electron chi connectivity index (χ3n) is 3.75. The van der Waals surface area contributed by atoms with Crippen LogP contribution in [-0.2, 0) is 11.2 Å². The van der Waals surface area contributed by atoms with Crippen molar-refractivity contribution in [2.24, 2.45) is 11.7 Å². The zero-order valence-electron chi connectivity index (χ0n) is 13.3. The van der Waals surface area contributed by atoms with Crippen LogP contribution in [0.1, 0.15) is 37.7 Å². The second kappa shape index (κ2) is 5.71. The van der Waals surface area contributed by atoms with Crippen LogP contribution in [0.25, 0.3) is 5.65 Å². The number of aromatic nitrogens is 3. The Kier molecular flexibility index (Phi) is 4.16. The lowest BCUT2D eigenvalue weighted by molar-refractivity contribution is -0.119. The standard InChI is InChI=1S/C15H23N5O/c1-6-11-7-12(18-13(8(2)3)14(16)21)20-15(17-11)9(4)10(5)19-20/h7-8,13,18H,6H2,1-5H3,(H2,16,21)/t13-/m0/s1. The summed E-state index contributed by atoms with van der Waals surface area (Å²) in [4.78, 5) is 16.2. The molecule has 0 aromatic carbocycles. The minimum Gasteiger partial charge on any atom is -0.368 e. The summed E-state index contributed by atoms with van der Waals surface area (Å²) in [6.45, 7) is 9.92. The fourth-order valence-electron chi connectivity index (χ4n) is 2.29. The first-order valence-corrected chi connectivity index (χ1v) is 7.26. The highest BCUT2D eigenvalue weighted by atomic mass is 16.1. The van der Waals surface area contributed by atoms with E-state index in [0.29, 0.717) is 0 Å². The Morgan fingerprint density at radius 1 is 1.43 bits per heavy atom. The average molecular weight is 289 g/mol. The van der Waals surface area contributed by atoms with Crippen molar-refractivity contribution in [2.75, 3.05) is 5.32 Å². The molecule has 0 aliphatic carbocycles. The summed E-state index contributed by atoms with van der Waals surface area (Å²) in [7, 11) is 0. The maximum absolute atomic E-state index is 11.6. The van der Waals surface area contributed by atoms with Crippen molar-refractivity contribution in [3.05, 3.63) is 23.0 Å². The molecule has 0 aliphatic rings. The van der Waals surface area contributed by atoms with Gasteiger partial charge < -0.3 is 11.1 Å². The Hall–Kier alpha value is -2.11. The quantitative estimate of drug-likeness (QED) is 0.879. The Balaban J connectivity index is 2.56. The molecule has 1 atom stereocenters. The first kappa shape index (κ1) is 15.3. The number of aryl methyl sites for hydroxylation is 3. The maximum atomic E-state index is 11.6. The Morgan fingerprint density at radius 2 is 2.10 bits per heavy atom. The van der Waals surface area contributed by atoms with Gasteiger partial charge in [0.25, 0.3) is 0 Å². The second-order valence-corrected chi connectivity index (χ2v) is 5.70. The van der Waals surface area contributed by atoms with E-state index < -0.39 is 6.04 Å². The molecule has 0 saturated carbocycles. The summed E-state index contributed by atoms with van der Waals surface area (Å²) >= 11 is 0. The van der Waals surface area contributed by atoms with Crippen molar-refractivity contribution in [3.8, 4) is 0 Å². The lowest BCUT2D eigenvalue weighted by Crippen LogP contribution is -2.40. The third-order valence-corrected chi connectivity index (χ3v) is 3.75. The fraction of sp³-hybridized carbons (Fsp3) is 0.533. The van der Waals surface area contributed by atoms with Crippen molar-refractivity contribution in [3.63, 3.8) is 0 Å². The highest BCUT2D eigenvalue weighted by Crippen LogP contribution is 2.20. The normalized spacial score (nSPS) is 12.9. The Bertz CT molecular complexity index is 674. The van der Waals surface area contributed by atoms with Crippen molar-refractivity contribution in [1.82, 2.24) is 14.6 Å². The van der Waals surface area contributed by atoms with Gasteiger partial charge in [0.2, 0.25) is 5.91 Å². The number of amides is 1. The molecule has 0 unspecified atom stereocenters. The van der Waals surface area contributed by atoms with Crippen LogP contribution >= 0.6 is 0 Å². The predicted molar refractivity (Wildman–Crippen MR) is 83.3 cm³/mol. The number of primary amides is 1. The molecule has 3 N–H and O–H groups in total. The highest BCUT2D eigenvalue weighted by Gasteiger charge is 2.21. The minimum absolute atomic E-state index is 0.0912. The first-order chi connectivity index (χ1) is 9.85. The van der Waals surface area contributed by atoms with E-state index in [1.807, 2.05) is 33.8 Å². The maximum Gasteiger partial charge on any atom is 0.240 e. The van der Waals surface area contributed by atoms with E-state index in [2.05, 4.69) is 22.3 Å². The minimum atomic E-state index is -0.440.